The molecular weight excluding hydrogens is 422 g/mol. The molecule has 1 aromatic heterocycles. The third-order valence-electron chi connectivity index (χ3n) is 3.50. The van der Waals surface area contributed by atoms with Crippen LogP contribution in [0, 0.1) is 0 Å². The Morgan fingerprint density at radius 3 is 2.77 bits per heavy atom. The van der Waals surface area contributed by atoms with Crippen LogP contribution in [-0.4, -0.2) is 50.2 Å². The molecule has 136 valence electrons. The molecule has 0 unspecified atom stereocenters. The molecule has 2 heterocycles. The molecule has 0 saturated heterocycles. The number of likely N-dealkylation sites (N-methyl/N-ethyl adjacent to an activating group) is 1. The Morgan fingerprint density at radius 1 is 1.27 bits per heavy atom. The van der Waals surface area contributed by atoms with Crippen LogP contribution >= 0.6 is 15.9 Å². The first-order valence-electron chi connectivity index (χ1n) is 7.63. The first-order chi connectivity index (χ1) is 12.3. The van der Waals surface area contributed by atoms with Gasteiger partial charge in [-0.15, -0.1) is 4.40 Å². The molecule has 8 nitrogen and oxygen atoms in total. The van der Waals surface area contributed by atoms with Gasteiger partial charge in [0.05, 0.1) is 18.8 Å². The lowest BCUT2D eigenvalue weighted by Gasteiger charge is -2.22. The van der Waals surface area contributed by atoms with E-state index < -0.39 is 10.0 Å². The van der Waals surface area contributed by atoms with Gasteiger partial charge in [-0.2, -0.15) is 8.42 Å². The zero-order valence-corrected chi connectivity index (χ0v) is 16.2. The van der Waals surface area contributed by atoms with E-state index >= 15 is 0 Å². The number of hydrogen-bond acceptors (Lipinski definition) is 6. The summed E-state index contributed by atoms with van der Waals surface area (Å²) in [7, 11) is -2.03. The van der Waals surface area contributed by atoms with E-state index in [1.165, 1.54) is 6.07 Å². The van der Waals surface area contributed by atoms with Crippen molar-refractivity contribution in [3.05, 3.63) is 47.1 Å². The Hall–Kier alpha value is -2.30. The molecule has 0 aliphatic carbocycles. The minimum atomic E-state index is -3.73. The monoisotopic (exact) mass is 437 g/mol. The lowest BCUT2D eigenvalue weighted by Crippen LogP contribution is -2.37. The fraction of sp³-hybridized carbons (Fsp3) is 0.188. The third-order valence-corrected chi connectivity index (χ3v) is 5.34. The molecule has 2 N–H and O–H groups in total. The van der Waals surface area contributed by atoms with Crippen molar-refractivity contribution in [3.63, 3.8) is 0 Å². The number of carbonyl (C=O) groups excluding carboxylic acids is 1. The van der Waals surface area contributed by atoms with E-state index in [4.69, 9.17) is 0 Å². The van der Waals surface area contributed by atoms with Crippen molar-refractivity contribution in [2.45, 2.75) is 4.90 Å². The van der Waals surface area contributed by atoms with Crippen LogP contribution in [0.1, 0.15) is 0 Å². The quantitative estimate of drug-likeness (QED) is 0.740. The summed E-state index contributed by atoms with van der Waals surface area (Å²) in [6, 6.07) is 10.0. The number of carbonyl (C=O) groups is 1. The molecular formula is C16H16BrN5O3S. The lowest BCUT2D eigenvalue weighted by atomic mass is 10.3. The number of halogens is 1. The highest BCUT2D eigenvalue weighted by molar-refractivity contribution is 9.10. The highest BCUT2D eigenvalue weighted by Crippen LogP contribution is 2.26. The number of amides is 1. The number of fused-ring (bicyclic) bond motifs is 1. The van der Waals surface area contributed by atoms with Gasteiger partial charge in [0.1, 0.15) is 16.5 Å². The highest BCUT2D eigenvalue weighted by Gasteiger charge is 2.25. The Labute approximate surface area is 159 Å². The Kier molecular flexibility index (Phi) is 5.35. The van der Waals surface area contributed by atoms with Gasteiger partial charge in [0.25, 0.3) is 10.0 Å². The maximum absolute atomic E-state index is 12.2. The largest absolute Gasteiger partial charge is 0.341 e. The average molecular weight is 438 g/mol. The summed E-state index contributed by atoms with van der Waals surface area (Å²) < 4.78 is 29.0. The number of rotatable bonds is 5. The molecule has 2 aromatic rings. The molecule has 0 spiro atoms. The molecule has 0 bridgehead atoms. The van der Waals surface area contributed by atoms with Gasteiger partial charge >= 0.3 is 0 Å². The van der Waals surface area contributed by atoms with Gasteiger partial charge in [0.15, 0.2) is 0 Å². The molecule has 0 radical (unpaired) electrons. The fourth-order valence-corrected chi connectivity index (χ4v) is 3.80. The predicted molar refractivity (Wildman–Crippen MR) is 103 cm³/mol. The van der Waals surface area contributed by atoms with Gasteiger partial charge in [0.2, 0.25) is 5.91 Å². The number of nitrogens with one attached hydrogen (secondary N) is 2. The molecule has 0 fully saturated rings. The van der Waals surface area contributed by atoms with Crippen LogP contribution in [0.2, 0.25) is 0 Å². The molecule has 0 atom stereocenters. The van der Waals surface area contributed by atoms with Gasteiger partial charge in [-0.25, -0.2) is 4.98 Å². The van der Waals surface area contributed by atoms with Gasteiger partial charge < -0.3 is 10.6 Å². The van der Waals surface area contributed by atoms with E-state index in [1.807, 2.05) is 0 Å². The van der Waals surface area contributed by atoms with Crippen molar-refractivity contribution in [3.8, 4) is 0 Å². The van der Waals surface area contributed by atoms with Gasteiger partial charge in [-0.3, -0.25) is 9.69 Å². The van der Waals surface area contributed by atoms with Crippen molar-refractivity contribution < 1.29 is 13.2 Å². The lowest BCUT2D eigenvalue weighted by molar-refractivity contribution is -0.116. The van der Waals surface area contributed by atoms with E-state index in [0.29, 0.717) is 11.5 Å². The van der Waals surface area contributed by atoms with Gasteiger partial charge in [0, 0.05) is 10.7 Å². The van der Waals surface area contributed by atoms with Gasteiger partial charge in [-0.1, -0.05) is 12.1 Å². The number of benzene rings is 1. The molecule has 1 aliphatic heterocycles. The summed E-state index contributed by atoms with van der Waals surface area (Å²) in [6.45, 7) is 0.231. The normalized spacial score (nSPS) is 15.0. The SMILES string of the molecule is CN(CC(=O)Nc1ccc(Br)cn1)CC1=NS(=O)(=O)c2ccccc2N1. The first kappa shape index (κ1) is 18.5. The molecule has 1 amide bonds. The third kappa shape index (κ3) is 4.45. The Morgan fingerprint density at radius 2 is 2.04 bits per heavy atom. The highest BCUT2D eigenvalue weighted by atomic mass is 79.9. The van der Waals surface area contributed by atoms with Crippen molar-refractivity contribution in [1.29, 1.82) is 0 Å². The number of amidine groups is 1. The number of hydrogen-bond donors (Lipinski definition) is 2. The zero-order valence-electron chi connectivity index (χ0n) is 13.8. The summed E-state index contributed by atoms with van der Waals surface area (Å²) in [4.78, 5) is 18.0. The number of pyridine rings is 1. The van der Waals surface area contributed by atoms with Gasteiger partial charge in [-0.05, 0) is 47.2 Å². The summed E-state index contributed by atoms with van der Waals surface area (Å²) >= 11 is 3.28. The summed E-state index contributed by atoms with van der Waals surface area (Å²) in [5.74, 6) is 0.444. The molecule has 26 heavy (non-hydrogen) atoms. The standard InChI is InChI=1S/C16H16BrN5O3S/c1-22(10-16(23)20-14-7-6-11(17)8-18-14)9-15-19-12-4-2-3-5-13(12)26(24,25)21-15/h2-8H,9-10H2,1H3,(H,19,21)(H,18,20,23). The zero-order chi connectivity index (χ0) is 18.7. The molecule has 3 rings (SSSR count). The van der Waals surface area contributed by atoms with Crippen LogP contribution in [0.15, 0.2) is 56.4 Å². The second-order valence-corrected chi connectivity index (χ2v) is 8.20. The van der Waals surface area contributed by atoms with Crippen LogP contribution < -0.4 is 10.6 Å². The Balaban J connectivity index is 1.61. The van der Waals surface area contributed by atoms with E-state index in [0.717, 1.165) is 4.47 Å². The number of nitrogens with zero attached hydrogens (tertiary/aromatic N) is 3. The maximum Gasteiger partial charge on any atom is 0.286 e. The van der Waals surface area contributed by atoms with Crippen LogP contribution in [0.3, 0.4) is 0 Å². The summed E-state index contributed by atoms with van der Waals surface area (Å²) in [6.07, 6.45) is 1.59. The average Bonchev–Trinajstić information content (AvgIpc) is 2.56. The van der Waals surface area contributed by atoms with Crippen LogP contribution in [0.5, 0.6) is 0 Å². The van der Waals surface area contributed by atoms with Crippen molar-refractivity contribution >= 4 is 49.2 Å². The molecule has 0 saturated carbocycles. The van der Waals surface area contributed by atoms with Crippen molar-refractivity contribution in [1.82, 2.24) is 9.88 Å². The minimum Gasteiger partial charge on any atom is -0.341 e. The van der Waals surface area contributed by atoms with E-state index in [9.17, 15) is 13.2 Å². The number of sulfonamides is 1. The van der Waals surface area contributed by atoms with Crippen molar-refractivity contribution in [2.75, 3.05) is 30.8 Å². The van der Waals surface area contributed by atoms with E-state index in [-0.39, 0.29) is 29.7 Å². The minimum absolute atomic E-state index is 0.0557. The van der Waals surface area contributed by atoms with Crippen LogP contribution in [0.25, 0.3) is 0 Å². The predicted octanol–water partition coefficient (Wildman–Crippen LogP) is 1.93. The van der Waals surface area contributed by atoms with Crippen molar-refractivity contribution in [2.24, 2.45) is 4.40 Å². The van der Waals surface area contributed by atoms with E-state index in [1.54, 1.807) is 48.5 Å². The van der Waals surface area contributed by atoms with Crippen LogP contribution in [-0.2, 0) is 14.8 Å². The second-order valence-electron chi connectivity index (χ2n) is 5.72. The Bertz CT molecular complexity index is 960. The molecule has 1 aliphatic rings. The molecule has 10 heteroatoms. The summed E-state index contributed by atoms with van der Waals surface area (Å²) in [5.41, 5.74) is 0.481. The smallest absolute Gasteiger partial charge is 0.286 e. The second kappa shape index (κ2) is 7.52. The summed E-state index contributed by atoms with van der Waals surface area (Å²) in [5, 5.41) is 5.67. The van der Waals surface area contributed by atoms with E-state index in [2.05, 4.69) is 35.9 Å². The molecule has 1 aromatic carbocycles. The number of para-hydroxylation sites is 1. The topological polar surface area (TPSA) is 104 Å². The number of aromatic nitrogens is 1. The van der Waals surface area contributed by atoms with Crippen LogP contribution in [0.4, 0.5) is 11.5 Å². The fourth-order valence-electron chi connectivity index (χ4n) is 2.42. The maximum atomic E-state index is 12.2. The first-order valence-corrected chi connectivity index (χ1v) is 9.87. The number of anilines is 2.